The molecule has 2 unspecified atom stereocenters. The standard InChI is InChI=1S/C14H19ClN2O2/c1-10(16)14(18)17-8-4-5-11(9-17)19-13-7-3-2-6-12(13)15/h2-3,6-7,10-11H,4-5,8-9,16H2,1H3. The van der Waals surface area contributed by atoms with Crippen LogP contribution >= 0.6 is 11.6 Å². The first-order chi connectivity index (χ1) is 9.08. The largest absolute Gasteiger partial charge is 0.487 e. The van der Waals surface area contributed by atoms with Crippen LogP contribution in [0.3, 0.4) is 0 Å². The van der Waals surface area contributed by atoms with E-state index in [1.165, 1.54) is 0 Å². The molecule has 104 valence electrons. The van der Waals surface area contributed by atoms with Crippen molar-refractivity contribution in [3.05, 3.63) is 29.3 Å². The van der Waals surface area contributed by atoms with Gasteiger partial charge in [-0.3, -0.25) is 4.79 Å². The van der Waals surface area contributed by atoms with Crippen LogP contribution in [0.15, 0.2) is 24.3 Å². The van der Waals surface area contributed by atoms with Gasteiger partial charge in [-0.15, -0.1) is 0 Å². The molecular formula is C14H19ClN2O2. The van der Waals surface area contributed by atoms with Crippen LogP contribution in [0.2, 0.25) is 5.02 Å². The number of rotatable bonds is 3. The third-order valence-electron chi connectivity index (χ3n) is 3.21. The fourth-order valence-corrected chi connectivity index (χ4v) is 2.42. The van der Waals surface area contributed by atoms with Crippen molar-refractivity contribution < 1.29 is 9.53 Å². The number of benzene rings is 1. The molecule has 0 spiro atoms. The van der Waals surface area contributed by atoms with Gasteiger partial charge in [0, 0.05) is 6.54 Å². The second-order valence-corrected chi connectivity index (χ2v) is 5.29. The van der Waals surface area contributed by atoms with Crippen molar-refractivity contribution in [2.75, 3.05) is 13.1 Å². The number of hydrogen-bond donors (Lipinski definition) is 1. The van der Waals surface area contributed by atoms with Crippen LogP contribution in [0.5, 0.6) is 5.75 Å². The summed E-state index contributed by atoms with van der Waals surface area (Å²) in [6, 6.07) is 6.93. The van der Waals surface area contributed by atoms with Gasteiger partial charge in [0.2, 0.25) is 5.91 Å². The molecule has 5 heteroatoms. The molecule has 0 saturated carbocycles. The molecule has 1 aromatic carbocycles. The zero-order valence-corrected chi connectivity index (χ0v) is 11.8. The first kappa shape index (κ1) is 14.2. The van der Waals surface area contributed by atoms with Gasteiger partial charge in [-0.05, 0) is 31.9 Å². The fourth-order valence-electron chi connectivity index (χ4n) is 2.24. The normalized spacial score (nSPS) is 21.0. The van der Waals surface area contributed by atoms with Crippen molar-refractivity contribution in [2.45, 2.75) is 31.9 Å². The lowest BCUT2D eigenvalue weighted by Gasteiger charge is -2.34. The highest BCUT2D eigenvalue weighted by molar-refractivity contribution is 6.32. The molecule has 0 radical (unpaired) electrons. The van der Waals surface area contributed by atoms with E-state index in [0.29, 0.717) is 17.3 Å². The molecule has 4 nitrogen and oxygen atoms in total. The van der Waals surface area contributed by atoms with E-state index in [1.54, 1.807) is 17.9 Å². The van der Waals surface area contributed by atoms with Gasteiger partial charge in [0.25, 0.3) is 0 Å². The minimum atomic E-state index is -0.459. The van der Waals surface area contributed by atoms with Crippen LogP contribution in [0.4, 0.5) is 0 Å². The second-order valence-electron chi connectivity index (χ2n) is 4.89. The number of nitrogens with zero attached hydrogens (tertiary/aromatic N) is 1. The van der Waals surface area contributed by atoms with Gasteiger partial charge in [-0.2, -0.15) is 0 Å². The van der Waals surface area contributed by atoms with E-state index in [9.17, 15) is 4.79 Å². The molecule has 2 N–H and O–H groups in total. The topological polar surface area (TPSA) is 55.6 Å². The van der Waals surface area contributed by atoms with E-state index >= 15 is 0 Å². The Bertz CT molecular complexity index is 451. The van der Waals surface area contributed by atoms with Gasteiger partial charge in [0.1, 0.15) is 11.9 Å². The first-order valence-electron chi connectivity index (χ1n) is 6.53. The maximum Gasteiger partial charge on any atom is 0.239 e. The molecule has 2 rings (SSSR count). The molecule has 1 fully saturated rings. The highest BCUT2D eigenvalue weighted by Crippen LogP contribution is 2.26. The van der Waals surface area contributed by atoms with E-state index in [1.807, 2.05) is 18.2 Å². The van der Waals surface area contributed by atoms with Crippen molar-refractivity contribution in [3.8, 4) is 5.75 Å². The molecule has 0 aromatic heterocycles. The number of carbonyl (C=O) groups is 1. The summed E-state index contributed by atoms with van der Waals surface area (Å²) in [4.78, 5) is 13.7. The second kappa shape index (κ2) is 6.26. The summed E-state index contributed by atoms with van der Waals surface area (Å²) in [5, 5.41) is 0.596. The Hall–Kier alpha value is -1.26. The molecule has 1 amide bonds. The smallest absolute Gasteiger partial charge is 0.239 e. The molecule has 1 aliphatic heterocycles. The summed E-state index contributed by atoms with van der Waals surface area (Å²) < 4.78 is 5.88. The molecule has 0 aliphatic carbocycles. The highest BCUT2D eigenvalue weighted by atomic mass is 35.5. The van der Waals surface area contributed by atoms with Crippen molar-refractivity contribution in [2.24, 2.45) is 5.73 Å². The number of ether oxygens (including phenoxy) is 1. The Morgan fingerprint density at radius 1 is 1.53 bits per heavy atom. The Kier molecular flexibility index (Phi) is 4.66. The summed E-state index contributed by atoms with van der Waals surface area (Å²) in [5.74, 6) is 0.650. The number of para-hydroxylation sites is 1. The van der Waals surface area contributed by atoms with Crippen LogP contribution < -0.4 is 10.5 Å². The third-order valence-corrected chi connectivity index (χ3v) is 3.52. The Balaban J connectivity index is 1.98. The monoisotopic (exact) mass is 282 g/mol. The summed E-state index contributed by atoms with van der Waals surface area (Å²) in [7, 11) is 0. The van der Waals surface area contributed by atoms with Gasteiger partial charge in [0.05, 0.1) is 17.6 Å². The molecule has 19 heavy (non-hydrogen) atoms. The molecule has 1 aromatic rings. The molecular weight excluding hydrogens is 264 g/mol. The number of halogens is 1. The molecule has 1 saturated heterocycles. The van der Waals surface area contributed by atoms with Crippen molar-refractivity contribution >= 4 is 17.5 Å². The number of carbonyl (C=O) groups excluding carboxylic acids is 1. The SMILES string of the molecule is CC(N)C(=O)N1CCCC(Oc2ccccc2Cl)C1. The van der Waals surface area contributed by atoms with Crippen molar-refractivity contribution in [1.29, 1.82) is 0 Å². The van der Waals surface area contributed by atoms with E-state index in [-0.39, 0.29) is 12.0 Å². The van der Waals surface area contributed by atoms with Gasteiger partial charge in [0.15, 0.2) is 0 Å². The molecule has 0 bridgehead atoms. The van der Waals surface area contributed by atoms with E-state index in [4.69, 9.17) is 22.1 Å². The zero-order valence-electron chi connectivity index (χ0n) is 11.0. The number of likely N-dealkylation sites (tertiary alicyclic amines) is 1. The molecule has 1 heterocycles. The van der Waals surface area contributed by atoms with E-state index in [2.05, 4.69) is 0 Å². The zero-order chi connectivity index (χ0) is 13.8. The predicted octanol–water partition coefficient (Wildman–Crippen LogP) is 2.06. The van der Waals surface area contributed by atoms with Gasteiger partial charge in [-0.1, -0.05) is 23.7 Å². The average molecular weight is 283 g/mol. The quantitative estimate of drug-likeness (QED) is 0.923. The lowest BCUT2D eigenvalue weighted by Crippen LogP contribution is -2.49. The lowest BCUT2D eigenvalue weighted by molar-refractivity contribution is -0.134. The summed E-state index contributed by atoms with van der Waals surface area (Å²) in [6.07, 6.45) is 1.83. The molecule has 2 atom stereocenters. The number of amides is 1. The van der Waals surface area contributed by atoms with Crippen LogP contribution in [0.1, 0.15) is 19.8 Å². The average Bonchev–Trinajstić information content (AvgIpc) is 2.41. The fraction of sp³-hybridized carbons (Fsp3) is 0.500. The Labute approximate surface area is 118 Å². The highest BCUT2D eigenvalue weighted by Gasteiger charge is 2.26. The Morgan fingerprint density at radius 3 is 2.95 bits per heavy atom. The van der Waals surface area contributed by atoms with Crippen LogP contribution in [0, 0.1) is 0 Å². The predicted molar refractivity (Wildman–Crippen MR) is 75.3 cm³/mol. The number of hydrogen-bond acceptors (Lipinski definition) is 3. The van der Waals surface area contributed by atoms with Crippen LogP contribution in [-0.4, -0.2) is 36.0 Å². The maximum absolute atomic E-state index is 11.9. The van der Waals surface area contributed by atoms with Crippen LogP contribution in [0.25, 0.3) is 0 Å². The van der Waals surface area contributed by atoms with Crippen molar-refractivity contribution in [1.82, 2.24) is 4.90 Å². The van der Waals surface area contributed by atoms with Gasteiger partial charge in [-0.25, -0.2) is 0 Å². The lowest BCUT2D eigenvalue weighted by atomic mass is 10.1. The first-order valence-corrected chi connectivity index (χ1v) is 6.91. The number of nitrogens with two attached hydrogens (primary N) is 1. The van der Waals surface area contributed by atoms with E-state index in [0.717, 1.165) is 19.4 Å². The minimum Gasteiger partial charge on any atom is -0.487 e. The number of piperidine rings is 1. The van der Waals surface area contributed by atoms with Gasteiger partial charge >= 0.3 is 0 Å². The summed E-state index contributed by atoms with van der Waals surface area (Å²) >= 11 is 6.07. The van der Waals surface area contributed by atoms with Crippen LogP contribution in [-0.2, 0) is 4.79 Å². The molecule has 1 aliphatic rings. The summed E-state index contributed by atoms with van der Waals surface area (Å²) in [5.41, 5.74) is 5.64. The summed E-state index contributed by atoms with van der Waals surface area (Å²) in [6.45, 7) is 3.04. The third kappa shape index (κ3) is 3.61. The minimum absolute atomic E-state index is 0.0173. The van der Waals surface area contributed by atoms with E-state index < -0.39 is 6.04 Å². The van der Waals surface area contributed by atoms with Crippen molar-refractivity contribution in [3.63, 3.8) is 0 Å². The Morgan fingerprint density at radius 2 is 2.26 bits per heavy atom. The maximum atomic E-state index is 11.9. The van der Waals surface area contributed by atoms with Gasteiger partial charge < -0.3 is 15.4 Å².